The van der Waals surface area contributed by atoms with Gasteiger partial charge in [-0.3, -0.25) is 4.79 Å². The predicted octanol–water partition coefficient (Wildman–Crippen LogP) is 5.48. The third-order valence-corrected chi connectivity index (χ3v) is 5.42. The summed E-state index contributed by atoms with van der Waals surface area (Å²) in [6, 6.07) is 6.93. The largest absolute Gasteiger partial charge is 0.494 e. The van der Waals surface area contributed by atoms with Crippen LogP contribution in [-0.2, 0) is 0 Å². The maximum Gasteiger partial charge on any atom is 0.255 e. The average molecular weight is 450 g/mol. The van der Waals surface area contributed by atoms with E-state index in [0.717, 1.165) is 16.8 Å². The van der Waals surface area contributed by atoms with Gasteiger partial charge in [0.05, 0.1) is 17.2 Å². The minimum absolute atomic E-state index is 0.272. The van der Waals surface area contributed by atoms with E-state index >= 15 is 0 Å². The second-order valence-electron chi connectivity index (χ2n) is 4.85. The smallest absolute Gasteiger partial charge is 0.255 e. The highest BCUT2D eigenvalue weighted by atomic mass is 127. The fraction of sp³-hybridized carbons (Fsp3) is 0.188. The molecule has 0 saturated heterocycles. The molecule has 2 rings (SSSR count). The van der Waals surface area contributed by atoms with Crippen molar-refractivity contribution < 1.29 is 9.53 Å². The predicted molar refractivity (Wildman–Crippen MR) is 99.6 cm³/mol. The number of halogens is 3. The highest BCUT2D eigenvalue weighted by Gasteiger charge is 2.14. The van der Waals surface area contributed by atoms with E-state index in [-0.39, 0.29) is 5.91 Å². The first kappa shape index (κ1) is 17.4. The molecule has 0 fully saturated rings. The highest BCUT2D eigenvalue weighted by Crippen LogP contribution is 2.34. The van der Waals surface area contributed by atoms with E-state index in [4.69, 9.17) is 27.9 Å². The molecule has 0 aliphatic heterocycles. The van der Waals surface area contributed by atoms with E-state index in [1.165, 1.54) is 22.8 Å². The number of rotatable bonds is 3. The van der Waals surface area contributed by atoms with Crippen LogP contribution in [0.1, 0.15) is 21.5 Å². The lowest BCUT2D eigenvalue weighted by Gasteiger charge is -2.11. The zero-order valence-corrected chi connectivity index (χ0v) is 15.9. The molecule has 0 bridgehead atoms. The normalized spacial score (nSPS) is 10.5. The highest BCUT2D eigenvalue weighted by molar-refractivity contribution is 14.1. The van der Waals surface area contributed by atoms with Crippen molar-refractivity contribution in [3.8, 4) is 5.75 Å². The summed E-state index contributed by atoms with van der Waals surface area (Å²) in [4.78, 5) is 12.4. The molecule has 0 heterocycles. The van der Waals surface area contributed by atoms with Gasteiger partial charge in [0.25, 0.3) is 5.91 Å². The van der Waals surface area contributed by atoms with Gasteiger partial charge in [0, 0.05) is 14.8 Å². The first-order valence-electron chi connectivity index (χ1n) is 6.44. The molecule has 0 saturated carbocycles. The summed E-state index contributed by atoms with van der Waals surface area (Å²) in [6.45, 7) is 4.01. The summed E-state index contributed by atoms with van der Waals surface area (Å²) in [5.41, 5.74) is 3.34. The Labute approximate surface area is 153 Å². The van der Waals surface area contributed by atoms with E-state index in [9.17, 15) is 4.79 Å². The number of amides is 1. The Balaban J connectivity index is 2.30. The number of benzene rings is 2. The average Bonchev–Trinajstić information content (AvgIpc) is 2.44. The van der Waals surface area contributed by atoms with Crippen LogP contribution in [0.5, 0.6) is 5.75 Å². The van der Waals surface area contributed by atoms with E-state index in [2.05, 4.69) is 27.9 Å². The lowest BCUT2D eigenvalue weighted by molar-refractivity contribution is 0.102. The van der Waals surface area contributed by atoms with Gasteiger partial charge in [0.1, 0.15) is 0 Å². The molecule has 1 N–H and O–H groups in total. The van der Waals surface area contributed by atoms with Gasteiger partial charge in [-0.05, 0) is 71.8 Å². The van der Waals surface area contributed by atoms with Crippen LogP contribution in [0.4, 0.5) is 5.69 Å². The zero-order valence-electron chi connectivity index (χ0n) is 12.3. The SMILES string of the molecule is COc1c(Cl)cc(C(=O)Nc2cc(C)c(I)c(C)c2)cc1Cl. The molecule has 0 radical (unpaired) electrons. The number of hydrogen-bond acceptors (Lipinski definition) is 2. The monoisotopic (exact) mass is 449 g/mol. The maximum atomic E-state index is 12.4. The molecule has 22 heavy (non-hydrogen) atoms. The number of carbonyl (C=O) groups is 1. The van der Waals surface area contributed by atoms with Crippen molar-refractivity contribution in [3.63, 3.8) is 0 Å². The van der Waals surface area contributed by atoms with Crippen LogP contribution in [0.3, 0.4) is 0 Å². The number of carbonyl (C=O) groups excluding carboxylic acids is 1. The van der Waals surface area contributed by atoms with Gasteiger partial charge >= 0.3 is 0 Å². The summed E-state index contributed by atoms with van der Waals surface area (Å²) in [5.74, 6) is 0.0901. The Kier molecular flexibility index (Phi) is 5.58. The van der Waals surface area contributed by atoms with Gasteiger partial charge in [0.15, 0.2) is 5.75 Å². The van der Waals surface area contributed by atoms with Gasteiger partial charge < -0.3 is 10.1 Å². The maximum absolute atomic E-state index is 12.4. The van der Waals surface area contributed by atoms with E-state index in [0.29, 0.717) is 21.4 Å². The Hall–Kier alpha value is -0.980. The molecular formula is C16H14Cl2INO2. The lowest BCUT2D eigenvalue weighted by Crippen LogP contribution is -2.12. The molecule has 116 valence electrons. The van der Waals surface area contributed by atoms with Crippen LogP contribution in [0.25, 0.3) is 0 Å². The zero-order chi connectivity index (χ0) is 16.4. The summed E-state index contributed by atoms with van der Waals surface area (Å²) >= 11 is 14.4. The second-order valence-corrected chi connectivity index (χ2v) is 6.74. The Morgan fingerprint density at radius 2 is 1.59 bits per heavy atom. The number of hydrogen-bond donors (Lipinski definition) is 1. The van der Waals surface area contributed by atoms with Crippen LogP contribution in [0.15, 0.2) is 24.3 Å². The van der Waals surface area contributed by atoms with Gasteiger partial charge in [-0.2, -0.15) is 0 Å². The molecule has 0 aliphatic rings. The Bertz CT molecular complexity index is 701. The molecule has 0 spiro atoms. The molecule has 0 aliphatic carbocycles. The molecule has 2 aromatic carbocycles. The Morgan fingerprint density at radius 3 is 2.05 bits per heavy atom. The minimum Gasteiger partial charge on any atom is -0.494 e. The van der Waals surface area contributed by atoms with Crippen molar-refractivity contribution in [2.45, 2.75) is 13.8 Å². The van der Waals surface area contributed by atoms with E-state index < -0.39 is 0 Å². The van der Waals surface area contributed by atoms with Crippen molar-refractivity contribution in [1.29, 1.82) is 0 Å². The molecule has 0 atom stereocenters. The first-order chi connectivity index (χ1) is 10.3. The van der Waals surface area contributed by atoms with Gasteiger partial charge in [-0.15, -0.1) is 0 Å². The molecule has 1 amide bonds. The second kappa shape index (κ2) is 7.06. The third-order valence-electron chi connectivity index (χ3n) is 3.16. The first-order valence-corrected chi connectivity index (χ1v) is 8.28. The quantitative estimate of drug-likeness (QED) is 0.630. The fourth-order valence-electron chi connectivity index (χ4n) is 2.11. The summed E-state index contributed by atoms with van der Waals surface area (Å²) in [7, 11) is 1.48. The van der Waals surface area contributed by atoms with E-state index in [1.807, 2.05) is 26.0 Å². The molecule has 6 heteroatoms. The number of nitrogens with one attached hydrogen (secondary N) is 1. The fourth-order valence-corrected chi connectivity index (χ4v) is 3.06. The summed E-state index contributed by atoms with van der Waals surface area (Å²) < 4.78 is 6.26. The van der Waals surface area contributed by atoms with E-state index in [1.54, 1.807) is 0 Å². The number of methoxy groups -OCH3 is 1. The van der Waals surface area contributed by atoms with Crippen LogP contribution in [-0.4, -0.2) is 13.0 Å². The molecule has 0 unspecified atom stereocenters. The van der Waals surface area contributed by atoms with Gasteiger partial charge in [-0.1, -0.05) is 23.2 Å². The Morgan fingerprint density at radius 1 is 1.09 bits per heavy atom. The van der Waals surface area contributed by atoms with Crippen LogP contribution in [0.2, 0.25) is 10.0 Å². The number of anilines is 1. The third kappa shape index (κ3) is 3.67. The molecule has 0 aromatic heterocycles. The topological polar surface area (TPSA) is 38.3 Å². The van der Waals surface area contributed by atoms with Crippen molar-refractivity contribution in [1.82, 2.24) is 0 Å². The van der Waals surface area contributed by atoms with Crippen LogP contribution in [0, 0.1) is 17.4 Å². The molecule has 2 aromatic rings. The number of aryl methyl sites for hydroxylation is 2. The van der Waals surface area contributed by atoms with Crippen molar-refractivity contribution in [2.24, 2.45) is 0 Å². The van der Waals surface area contributed by atoms with Crippen molar-refractivity contribution in [2.75, 3.05) is 12.4 Å². The van der Waals surface area contributed by atoms with Crippen LogP contribution >= 0.6 is 45.8 Å². The number of ether oxygens (including phenoxy) is 1. The lowest BCUT2D eigenvalue weighted by atomic mass is 10.1. The van der Waals surface area contributed by atoms with Gasteiger partial charge in [-0.25, -0.2) is 0 Å². The van der Waals surface area contributed by atoms with Crippen molar-refractivity contribution in [3.05, 3.63) is 54.6 Å². The van der Waals surface area contributed by atoms with Crippen LogP contribution < -0.4 is 10.1 Å². The molecule has 3 nitrogen and oxygen atoms in total. The summed E-state index contributed by atoms with van der Waals surface area (Å²) in [5, 5.41) is 3.46. The summed E-state index contributed by atoms with van der Waals surface area (Å²) in [6.07, 6.45) is 0. The molecular weight excluding hydrogens is 436 g/mol. The standard InChI is InChI=1S/C16H14Cl2INO2/c1-8-4-11(5-9(2)14(8)19)20-16(21)10-6-12(17)15(22-3)13(18)7-10/h4-7H,1-3H3,(H,20,21). The minimum atomic E-state index is -0.272. The van der Waals surface area contributed by atoms with Crippen molar-refractivity contribution >= 4 is 57.4 Å². The van der Waals surface area contributed by atoms with Gasteiger partial charge in [0.2, 0.25) is 0 Å².